The van der Waals surface area contributed by atoms with Crippen molar-refractivity contribution < 1.29 is 14.4 Å². The second kappa shape index (κ2) is 30.2. The van der Waals surface area contributed by atoms with Crippen LogP contribution in [-0.2, 0) is 14.4 Å². The predicted molar refractivity (Wildman–Crippen MR) is 163 cm³/mol. The molecule has 0 saturated heterocycles. The van der Waals surface area contributed by atoms with E-state index in [9.17, 15) is 4.79 Å². The van der Waals surface area contributed by atoms with Crippen LogP contribution in [0.5, 0.6) is 0 Å². The van der Waals surface area contributed by atoms with Crippen LogP contribution in [0.3, 0.4) is 0 Å². The van der Waals surface area contributed by atoms with E-state index in [-0.39, 0.29) is 5.97 Å². The number of nitrogens with zero attached hydrogens (tertiary/aromatic N) is 2. The van der Waals surface area contributed by atoms with Gasteiger partial charge in [0.15, 0.2) is 0 Å². The van der Waals surface area contributed by atoms with Gasteiger partial charge in [-0.1, -0.05) is 104 Å². The van der Waals surface area contributed by atoms with Crippen molar-refractivity contribution in [1.82, 2.24) is 15.7 Å². The number of nitrogens with one attached hydrogen (secondary N) is 2. The van der Waals surface area contributed by atoms with Crippen molar-refractivity contribution >= 4 is 11.9 Å². The molecule has 0 fully saturated rings. The molecule has 0 aliphatic heterocycles. The van der Waals surface area contributed by atoms with Crippen LogP contribution in [0.4, 0.5) is 0 Å². The smallest absolute Gasteiger partial charge is 0.305 e. The van der Waals surface area contributed by atoms with Gasteiger partial charge in [-0.2, -0.15) is 0 Å². The molecule has 0 unspecified atom stereocenters. The van der Waals surface area contributed by atoms with E-state index in [1.165, 1.54) is 109 Å². The van der Waals surface area contributed by atoms with Gasteiger partial charge in [-0.05, 0) is 51.7 Å². The molecule has 0 aromatic heterocycles. The summed E-state index contributed by atoms with van der Waals surface area (Å²) in [7, 11) is 3.35. The molecule has 0 heterocycles. The topological polar surface area (TPSA) is 75.2 Å². The first kappa shape index (κ1) is 36.7. The third-order valence-corrected chi connectivity index (χ3v) is 7.06. The molecular weight excluding hydrogens is 476 g/mol. The average Bonchev–Trinajstić information content (AvgIpc) is 2.92. The molecule has 0 bridgehead atoms. The molecule has 0 aliphatic carbocycles. The van der Waals surface area contributed by atoms with Crippen LogP contribution in [0.25, 0.3) is 0 Å². The third-order valence-electron chi connectivity index (χ3n) is 7.06. The fraction of sp³-hybridized carbons (Fsp3) is 0.935. The van der Waals surface area contributed by atoms with Gasteiger partial charge in [0.05, 0.1) is 13.7 Å². The van der Waals surface area contributed by atoms with Crippen molar-refractivity contribution in [2.24, 2.45) is 4.99 Å². The molecule has 38 heavy (non-hydrogen) atoms. The minimum Gasteiger partial charge on any atom is -0.466 e. The van der Waals surface area contributed by atoms with Crippen LogP contribution in [0.15, 0.2) is 4.99 Å². The highest BCUT2D eigenvalue weighted by Crippen LogP contribution is 2.11. The molecule has 226 valence electrons. The summed E-state index contributed by atoms with van der Waals surface area (Å²) in [6, 6.07) is 0. The summed E-state index contributed by atoms with van der Waals surface area (Å²) in [5, 5.41) is 3.29. The van der Waals surface area contributed by atoms with Crippen LogP contribution >= 0.6 is 0 Å². The lowest BCUT2D eigenvalue weighted by molar-refractivity contribution is -0.143. The summed E-state index contributed by atoms with van der Waals surface area (Å²) in [6.07, 6.45) is 24.2. The zero-order valence-corrected chi connectivity index (χ0v) is 25.8. The Hall–Kier alpha value is -1.34. The Labute approximate surface area is 236 Å². The molecule has 7 nitrogen and oxygen atoms in total. The zero-order chi connectivity index (χ0) is 27.9. The summed E-state index contributed by atoms with van der Waals surface area (Å²) in [5.41, 5.74) is 2.76. The van der Waals surface area contributed by atoms with E-state index in [2.05, 4.69) is 34.5 Å². The number of unbranched alkanes of at least 4 members (excludes halogenated alkanes) is 15. The Morgan fingerprint density at radius 3 is 1.74 bits per heavy atom. The van der Waals surface area contributed by atoms with E-state index >= 15 is 0 Å². The van der Waals surface area contributed by atoms with Crippen LogP contribution < -0.4 is 10.8 Å². The molecule has 7 heteroatoms. The Balaban J connectivity index is 3.92. The number of esters is 1. The first-order chi connectivity index (χ1) is 18.7. The Bertz CT molecular complexity index is 531. The number of hydrogen-bond acceptors (Lipinski definition) is 5. The third kappa shape index (κ3) is 26.3. The minimum absolute atomic E-state index is 0.00770. The summed E-state index contributed by atoms with van der Waals surface area (Å²) in [4.78, 5) is 23.7. The van der Waals surface area contributed by atoms with Crippen LogP contribution in [0.1, 0.15) is 142 Å². The fourth-order valence-electron chi connectivity index (χ4n) is 4.67. The average molecular weight is 541 g/mol. The predicted octanol–water partition coefficient (Wildman–Crippen LogP) is 7.40. The zero-order valence-electron chi connectivity index (χ0n) is 25.8. The van der Waals surface area contributed by atoms with Gasteiger partial charge >= 0.3 is 5.97 Å². The van der Waals surface area contributed by atoms with E-state index in [0.717, 1.165) is 38.8 Å². The molecule has 0 aromatic carbocycles. The van der Waals surface area contributed by atoms with Crippen molar-refractivity contribution in [2.45, 2.75) is 142 Å². The normalized spacial score (nSPS) is 11.8. The van der Waals surface area contributed by atoms with Gasteiger partial charge in [0.25, 0.3) is 0 Å². The largest absolute Gasteiger partial charge is 0.466 e. The van der Waals surface area contributed by atoms with E-state index in [1.807, 2.05) is 0 Å². The summed E-state index contributed by atoms with van der Waals surface area (Å²) >= 11 is 0. The second-order valence-corrected chi connectivity index (χ2v) is 10.6. The summed E-state index contributed by atoms with van der Waals surface area (Å²) in [6.45, 7) is 9.47. The molecule has 0 aliphatic rings. The fourth-order valence-corrected chi connectivity index (χ4v) is 4.67. The number of carbonyl (C=O) groups is 1. The highest BCUT2D eigenvalue weighted by atomic mass is 16.6. The molecule has 0 rings (SSSR count). The van der Waals surface area contributed by atoms with Gasteiger partial charge in [0, 0.05) is 20.0 Å². The Morgan fingerprint density at radius 2 is 1.18 bits per heavy atom. The molecule has 0 amide bonds. The lowest BCUT2D eigenvalue weighted by atomic mass is 10.1. The monoisotopic (exact) mass is 540 g/mol. The molecule has 0 spiro atoms. The number of rotatable bonds is 28. The second-order valence-electron chi connectivity index (χ2n) is 10.6. The van der Waals surface area contributed by atoms with Gasteiger partial charge in [-0.25, -0.2) is 5.48 Å². The van der Waals surface area contributed by atoms with Gasteiger partial charge < -0.3 is 15.0 Å². The highest BCUT2D eigenvalue weighted by Gasteiger charge is 2.06. The first-order valence-corrected chi connectivity index (χ1v) is 16.1. The highest BCUT2D eigenvalue weighted by molar-refractivity contribution is 5.78. The van der Waals surface area contributed by atoms with Crippen molar-refractivity contribution in [2.75, 3.05) is 46.9 Å². The lowest BCUT2D eigenvalue weighted by Gasteiger charge is -2.22. The summed E-state index contributed by atoms with van der Waals surface area (Å²) < 4.78 is 5.41. The first-order valence-electron chi connectivity index (χ1n) is 16.1. The minimum atomic E-state index is -0.00770. The Kier molecular flexibility index (Phi) is 29.1. The van der Waals surface area contributed by atoms with Gasteiger partial charge in [-0.15, -0.1) is 0 Å². The quantitative estimate of drug-likeness (QED) is 0.0354. The van der Waals surface area contributed by atoms with Crippen LogP contribution in [0.2, 0.25) is 0 Å². The van der Waals surface area contributed by atoms with Crippen molar-refractivity contribution in [3.05, 3.63) is 0 Å². The molecule has 2 N–H and O–H groups in total. The molecule has 0 radical (unpaired) electrons. The molecule has 0 saturated carbocycles. The van der Waals surface area contributed by atoms with Gasteiger partial charge in [0.2, 0.25) is 5.96 Å². The van der Waals surface area contributed by atoms with E-state index in [1.54, 1.807) is 14.2 Å². The van der Waals surface area contributed by atoms with E-state index in [0.29, 0.717) is 19.0 Å². The number of carbonyl (C=O) groups excluding carboxylic acids is 1. The van der Waals surface area contributed by atoms with Crippen molar-refractivity contribution in [3.8, 4) is 0 Å². The molecule has 0 aromatic rings. The molecular formula is C31H64N4O3. The summed E-state index contributed by atoms with van der Waals surface area (Å²) in [5.74, 6) is 0.670. The number of ether oxygens (including phenoxy) is 1. The molecule has 0 atom stereocenters. The number of guanidine groups is 1. The van der Waals surface area contributed by atoms with Crippen molar-refractivity contribution in [3.63, 3.8) is 0 Å². The van der Waals surface area contributed by atoms with E-state index < -0.39 is 0 Å². The van der Waals surface area contributed by atoms with Crippen LogP contribution in [-0.4, -0.2) is 63.8 Å². The Morgan fingerprint density at radius 1 is 0.684 bits per heavy atom. The number of aliphatic imine (C=N–C) groups is 1. The lowest BCUT2D eigenvalue weighted by Crippen LogP contribution is -2.38. The standard InChI is InChI=1S/C31H64N4O3/c1-5-7-9-11-13-18-22-29-38-30(36)24-19-15-14-17-21-27-35(26-20-16-12-10-8-6-2)28-23-25-33-31(32-3)34-37-4/h5-29H2,1-4H3,(H2,32,33,34). The maximum Gasteiger partial charge on any atom is 0.305 e. The van der Waals surface area contributed by atoms with Crippen LogP contribution in [0, 0.1) is 0 Å². The van der Waals surface area contributed by atoms with Gasteiger partial charge in [0.1, 0.15) is 0 Å². The number of hydroxylamine groups is 1. The number of hydrogen-bond donors (Lipinski definition) is 2. The maximum atomic E-state index is 11.9. The van der Waals surface area contributed by atoms with E-state index in [4.69, 9.17) is 9.57 Å². The van der Waals surface area contributed by atoms with Crippen molar-refractivity contribution in [1.29, 1.82) is 0 Å². The SMILES string of the molecule is CCCCCCCCCOC(=O)CCCCCCCN(CCCCCCCC)CCCNC(=NC)NOC. The van der Waals surface area contributed by atoms with Gasteiger partial charge in [-0.3, -0.25) is 14.6 Å². The maximum absolute atomic E-state index is 11.9.